The lowest BCUT2D eigenvalue weighted by molar-refractivity contribution is 0.00474. The molecule has 0 rings (SSSR count). The molecule has 0 spiro atoms. The van der Waals surface area contributed by atoms with Crippen molar-refractivity contribution in [3.8, 4) is 0 Å². The lowest BCUT2D eigenvalue weighted by atomic mass is 10.2. The summed E-state index contributed by atoms with van der Waals surface area (Å²) in [6, 6.07) is 0. The summed E-state index contributed by atoms with van der Waals surface area (Å²) in [5.74, 6) is 0. The Balaban J connectivity index is 3.61. The maximum absolute atomic E-state index is 11.1. The van der Waals surface area contributed by atoms with E-state index in [1.165, 1.54) is 0 Å². The van der Waals surface area contributed by atoms with Crippen LogP contribution in [0, 0.1) is 0 Å². The van der Waals surface area contributed by atoms with Crippen molar-refractivity contribution in [1.82, 2.24) is 0 Å². The van der Waals surface area contributed by atoms with Crippen molar-refractivity contribution in [3.05, 3.63) is 0 Å². The zero-order valence-corrected chi connectivity index (χ0v) is 9.00. The van der Waals surface area contributed by atoms with Crippen LogP contribution in [0.5, 0.6) is 0 Å². The van der Waals surface area contributed by atoms with Gasteiger partial charge in [-0.05, 0) is 26.7 Å². The maximum atomic E-state index is 11.1. The van der Waals surface area contributed by atoms with Gasteiger partial charge in [-0.25, -0.2) is 4.79 Å². The van der Waals surface area contributed by atoms with E-state index in [0.29, 0.717) is 0 Å². The first-order valence-electron chi connectivity index (χ1n) is 4.97. The van der Waals surface area contributed by atoms with Crippen molar-refractivity contribution in [1.29, 1.82) is 0 Å². The van der Waals surface area contributed by atoms with E-state index in [-0.39, 0.29) is 12.2 Å². The average Bonchev–Trinajstić information content (AvgIpc) is 2.04. The standard InChI is InChI=1S/C10H20O3/c1-5-7-9(4)13-10(11)12-8(3)6-2/h8-9H,5-7H2,1-4H3/t8-,9?/m0/s1. The zero-order valence-electron chi connectivity index (χ0n) is 9.00. The number of hydrogen-bond donors (Lipinski definition) is 0. The smallest absolute Gasteiger partial charge is 0.431 e. The van der Waals surface area contributed by atoms with Crippen LogP contribution in [0.3, 0.4) is 0 Å². The van der Waals surface area contributed by atoms with Crippen LogP contribution in [0.1, 0.15) is 47.0 Å². The van der Waals surface area contributed by atoms with Crippen LogP contribution in [0.2, 0.25) is 0 Å². The third kappa shape index (κ3) is 6.43. The van der Waals surface area contributed by atoms with E-state index in [2.05, 4.69) is 6.92 Å². The molecule has 0 heterocycles. The highest BCUT2D eigenvalue weighted by molar-refractivity contribution is 5.60. The van der Waals surface area contributed by atoms with Crippen LogP contribution in [0.4, 0.5) is 4.79 Å². The highest BCUT2D eigenvalue weighted by Crippen LogP contribution is 2.05. The summed E-state index contributed by atoms with van der Waals surface area (Å²) in [6.07, 6.45) is 2.07. The van der Waals surface area contributed by atoms with Gasteiger partial charge in [-0.3, -0.25) is 0 Å². The Hall–Kier alpha value is -0.730. The van der Waals surface area contributed by atoms with Crippen LogP contribution in [0.15, 0.2) is 0 Å². The van der Waals surface area contributed by atoms with E-state index in [4.69, 9.17) is 9.47 Å². The summed E-state index contributed by atoms with van der Waals surface area (Å²) in [5, 5.41) is 0. The van der Waals surface area contributed by atoms with Gasteiger partial charge in [0, 0.05) is 0 Å². The Kier molecular flexibility index (Phi) is 6.37. The first-order chi connectivity index (χ1) is 6.10. The molecular formula is C10H20O3. The minimum atomic E-state index is -0.546. The van der Waals surface area contributed by atoms with Gasteiger partial charge in [-0.1, -0.05) is 20.3 Å². The summed E-state index contributed by atoms with van der Waals surface area (Å²) in [6.45, 7) is 7.75. The second kappa shape index (κ2) is 6.75. The average molecular weight is 188 g/mol. The third-order valence-electron chi connectivity index (χ3n) is 1.86. The molecule has 1 unspecified atom stereocenters. The topological polar surface area (TPSA) is 35.5 Å². The molecule has 0 radical (unpaired) electrons. The van der Waals surface area contributed by atoms with Gasteiger partial charge < -0.3 is 9.47 Å². The molecule has 0 aromatic carbocycles. The number of ether oxygens (including phenoxy) is 2. The Labute approximate surface area is 80.4 Å². The summed E-state index contributed by atoms with van der Waals surface area (Å²) < 4.78 is 9.96. The van der Waals surface area contributed by atoms with Gasteiger partial charge >= 0.3 is 6.16 Å². The summed E-state index contributed by atoms with van der Waals surface area (Å²) in [5.41, 5.74) is 0. The first kappa shape index (κ1) is 12.3. The van der Waals surface area contributed by atoms with E-state index in [1.807, 2.05) is 20.8 Å². The fourth-order valence-electron chi connectivity index (χ4n) is 0.905. The lowest BCUT2D eigenvalue weighted by Gasteiger charge is -2.14. The molecule has 0 saturated heterocycles. The molecule has 0 saturated carbocycles. The largest absolute Gasteiger partial charge is 0.508 e. The summed E-state index contributed by atoms with van der Waals surface area (Å²) >= 11 is 0. The molecule has 0 bridgehead atoms. The van der Waals surface area contributed by atoms with Crippen LogP contribution in [-0.4, -0.2) is 18.4 Å². The third-order valence-corrected chi connectivity index (χ3v) is 1.86. The molecule has 3 heteroatoms. The van der Waals surface area contributed by atoms with E-state index in [9.17, 15) is 4.79 Å². The molecule has 0 aromatic heterocycles. The molecule has 78 valence electrons. The zero-order chi connectivity index (χ0) is 10.3. The van der Waals surface area contributed by atoms with Gasteiger partial charge in [0.2, 0.25) is 0 Å². The lowest BCUT2D eigenvalue weighted by Crippen LogP contribution is -2.20. The summed E-state index contributed by atoms with van der Waals surface area (Å²) in [4.78, 5) is 11.1. The quantitative estimate of drug-likeness (QED) is 0.622. The van der Waals surface area contributed by atoms with Crippen molar-refractivity contribution in [2.24, 2.45) is 0 Å². The van der Waals surface area contributed by atoms with E-state index < -0.39 is 6.16 Å². The van der Waals surface area contributed by atoms with Crippen LogP contribution < -0.4 is 0 Å². The molecule has 13 heavy (non-hydrogen) atoms. The summed E-state index contributed by atoms with van der Waals surface area (Å²) in [7, 11) is 0. The predicted octanol–water partition coefficient (Wildman–Crippen LogP) is 3.13. The van der Waals surface area contributed by atoms with Crippen LogP contribution in [-0.2, 0) is 9.47 Å². The second-order valence-corrected chi connectivity index (χ2v) is 3.30. The molecule has 0 fully saturated rings. The predicted molar refractivity (Wildman–Crippen MR) is 51.7 cm³/mol. The monoisotopic (exact) mass is 188 g/mol. The fourth-order valence-corrected chi connectivity index (χ4v) is 0.905. The second-order valence-electron chi connectivity index (χ2n) is 3.30. The van der Waals surface area contributed by atoms with Crippen LogP contribution in [0.25, 0.3) is 0 Å². The van der Waals surface area contributed by atoms with Gasteiger partial charge in [0.1, 0.15) is 12.2 Å². The molecule has 0 aromatic rings. The molecule has 2 atom stereocenters. The highest BCUT2D eigenvalue weighted by atomic mass is 16.7. The number of rotatable bonds is 5. The van der Waals surface area contributed by atoms with Crippen molar-refractivity contribution in [2.75, 3.05) is 0 Å². The van der Waals surface area contributed by atoms with Gasteiger partial charge in [0.05, 0.1) is 0 Å². The maximum Gasteiger partial charge on any atom is 0.508 e. The van der Waals surface area contributed by atoms with Gasteiger partial charge in [-0.15, -0.1) is 0 Å². The fraction of sp³-hybridized carbons (Fsp3) is 0.900. The van der Waals surface area contributed by atoms with Gasteiger partial charge in [-0.2, -0.15) is 0 Å². The molecule has 3 nitrogen and oxygen atoms in total. The Bertz CT molecular complexity index is 145. The molecule has 0 N–H and O–H groups in total. The van der Waals surface area contributed by atoms with E-state index in [1.54, 1.807) is 0 Å². The molecule has 0 aliphatic heterocycles. The van der Waals surface area contributed by atoms with Crippen molar-refractivity contribution in [2.45, 2.75) is 59.2 Å². The molecule has 0 amide bonds. The molecule has 0 aliphatic rings. The number of carbonyl (C=O) groups is 1. The SMILES string of the molecule is CCCC(C)OC(=O)O[C@@H](C)CC. The van der Waals surface area contributed by atoms with Crippen molar-refractivity contribution < 1.29 is 14.3 Å². The van der Waals surface area contributed by atoms with Crippen LogP contribution >= 0.6 is 0 Å². The first-order valence-corrected chi connectivity index (χ1v) is 4.97. The van der Waals surface area contributed by atoms with Crippen molar-refractivity contribution in [3.63, 3.8) is 0 Å². The highest BCUT2D eigenvalue weighted by Gasteiger charge is 2.12. The molecular weight excluding hydrogens is 168 g/mol. The minimum Gasteiger partial charge on any atom is -0.431 e. The Morgan fingerprint density at radius 2 is 1.69 bits per heavy atom. The van der Waals surface area contributed by atoms with Crippen molar-refractivity contribution >= 4 is 6.16 Å². The molecule has 0 aliphatic carbocycles. The van der Waals surface area contributed by atoms with Gasteiger partial charge in [0.25, 0.3) is 0 Å². The number of carbonyl (C=O) groups excluding carboxylic acids is 1. The Morgan fingerprint density at radius 1 is 1.15 bits per heavy atom. The van der Waals surface area contributed by atoms with Gasteiger partial charge in [0.15, 0.2) is 0 Å². The minimum absolute atomic E-state index is 0.0402. The van der Waals surface area contributed by atoms with E-state index in [0.717, 1.165) is 19.3 Å². The normalized spacial score (nSPS) is 14.8. The Morgan fingerprint density at radius 3 is 2.15 bits per heavy atom. The van der Waals surface area contributed by atoms with E-state index >= 15 is 0 Å². The number of hydrogen-bond acceptors (Lipinski definition) is 3.